The molecule has 2 atom stereocenters. The summed E-state index contributed by atoms with van der Waals surface area (Å²) in [6.07, 6.45) is -5.01. The Morgan fingerprint density at radius 1 is 1.35 bits per heavy atom. The molecule has 0 saturated heterocycles. The lowest BCUT2D eigenvalue weighted by molar-refractivity contribution is -0.138. The first kappa shape index (κ1) is 16.8. The number of alkyl halides is 3. The van der Waals surface area contributed by atoms with Gasteiger partial charge in [0.2, 0.25) is 0 Å². The van der Waals surface area contributed by atoms with E-state index in [9.17, 15) is 13.2 Å². The van der Waals surface area contributed by atoms with E-state index in [1.54, 1.807) is 44.2 Å². The maximum absolute atomic E-state index is 12.3. The highest BCUT2D eigenvalue weighted by atomic mass is 19.4. The van der Waals surface area contributed by atoms with Crippen LogP contribution in [0.4, 0.5) is 13.2 Å². The van der Waals surface area contributed by atoms with Crippen molar-refractivity contribution in [3.8, 4) is 5.75 Å². The van der Waals surface area contributed by atoms with Crippen molar-refractivity contribution in [1.29, 1.82) is 0 Å². The van der Waals surface area contributed by atoms with Crippen molar-refractivity contribution in [2.45, 2.75) is 31.6 Å². The van der Waals surface area contributed by atoms with Gasteiger partial charge in [-0.05, 0) is 31.7 Å². The van der Waals surface area contributed by atoms with Crippen molar-refractivity contribution in [1.82, 2.24) is 4.90 Å². The predicted molar refractivity (Wildman–Crippen MR) is 72.7 cm³/mol. The van der Waals surface area contributed by atoms with E-state index in [1.165, 1.54) is 0 Å². The second-order valence-electron chi connectivity index (χ2n) is 4.93. The third-order valence-electron chi connectivity index (χ3n) is 3.16. The Balaban J connectivity index is 2.87. The van der Waals surface area contributed by atoms with Gasteiger partial charge in [-0.15, -0.1) is 0 Å². The lowest BCUT2D eigenvalue weighted by atomic mass is 9.99. The minimum atomic E-state index is -4.16. The van der Waals surface area contributed by atoms with E-state index in [0.29, 0.717) is 5.75 Å². The van der Waals surface area contributed by atoms with Gasteiger partial charge in [0.15, 0.2) is 0 Å². The number of ether oxygens (including phenoxy) is 1. The first-order chi connectivity index (χ1) is 9.24. The van der Waals surface area contributed by atoms with Crippen molar-refractivity contribution in [3.05, 3.63) is 29.8 Å². The molecule has 3 nitrogen and oxygen atoms in total. The van der Waals surface area contributed by atoms with Crippen molar-refractivity contribution in [3.63, 3.8) is 0 Å². The molecule has 0 radical (unpaired) electrons. The molecule has 1 aromatic rings. The summed E-state index contributed by atoms with van der Waals surface area (Å²) >= 11 is 0. The summed E-state index contributed by atoms with van der Waals surface area (Å²) in [5.41, 5.74) is 6.79. The van der Waals surface area contributed by atoms with Crippen LogP contribution in [0.25, 0.3) is 0 Å². The molecule has 0 aliphatic rings. The average Bonchev–Trinajstić information content (AvgIpc) is 2.35. The summed E-state index contributed by atoms with van der Waals surface area (Å²) in [6, 6.07) is 6.67. The van der Waals surface area contributed by atoms with Crippen molar-refractivity contribution >= 4 is 0 Å². The molecule has 0 spiro atoms. The molecule has 2 N–H and O–H groups in total. The zero-order valence-corrected chi connectivity index (χ0v) is 11.9. The van der Waals surface area contributed by atoms with Crippen molar-refractivity contribution in [2.24, 2.45) is 5.73 Å². The van der Waals surface area contributed by atoms with Crippen LogP contribution in [0.1, 0.15) is 24.9 Å². The number of hydrogen-bond acceptors (Lipinski definition) is 3. The Labute approximate surface area is 117 Å². The number of methoxy groups -OCH3 is 1. The lowest BCUT2D eigenvalue weighted by Crippen LogP contribution is -2.38. The molecule has 1 rings (SSSR count). The largest absolute Gasteiger partial charge is 0.497 e. The molecule has 0 bridgehead atoms. The van der Waals surface area contributed by atoms with Gasteiger partial charge >= 0.3 is 6.18 Å². The minimum absolute atomic E-state index is 0.0904. The van der Waals surface area contributed by atoms with Crippen LogP contribution in [0.5, 0.6) is 5.75 Å². The third-order valence-corrected chi connectivity index (χ3v) is 3.16. The summed E-state index contributed by atoms with van der Waals surface area (Å²) in [6.45, 7) is 1.70. The first-order valence-corrected chi connectivity index (χ1v) is 6.41. The number of hydrogen-bond donors (Lipinski definition) is 1. The molecule has 20 heavy (non-hydrogen) atoms. The van der Waals surface area contributed by atoms with E-state index < -0.39 is 12.6 Å². The zero-order chi connectivity index (χ0) is 15.3. The zero-order valence-electron chi connectivity index (χ0n) is 11.9. The van der Waals surface area contributed by atoms with Crippen molar-refractivity contribution < 1.29 is 17.9 Å². The van der Waals surface area contributed by atoms with Gasteiger partial charge < -0.3 is 10.5 Å². The molecule has 2 unspecified atom stereocenters. The number of halogens is 3. The molecule has 6 heteroatoms. The van der Waals surface area contributed by atoms with E-state index in [4.69, 9.17) is 10.5 Å². The fourth-order valence-electron chi connectivity index (χ4n) is 2.23. The normalized spacial score (nSPS) is 15.2. The molecule has 0 saturated carbocycles. The van der Waals surface area contributed by atoms with Gasteiger partial charge in [0.1, 0.15) is 5.75 Å². The highest BCUT2D eigenvalue weighted by molar-refractivity contribution is 5.31. The molecule has 0 amide bonds. The van der Waals surface area contributed by atoms with Crippen LogP contribution >= 0.6 is 0 Å². The second-order valence-corrected chi connectivity index (χ2v) is 4.93. The van der Waals surface area contributed by atoms with Crippen LogP contribution in [0.3, 0.4) is 0 Å². The Bertz CT molecular complexity index is 421. The lowest BCUT2D eigenvalue weighted by Gasteiger charge is -2.32. The maximum Gasteiger partial charge on any atom is 0.390 e. The van der Waals surface area contributed by atoms with Crippen LogP contribution in [-0.2, 0) is 0 Å². The van der Waals surface area contributed by atoms with Crippen LogP contribution in [0.2, 0.25) is 0 Å². The average molecular weight is 290 g/mol. The fraction of sp³-hybridized carbons (Fsp3) is 0.571. The summed E-state index contributed by atoms with van der Waals surface area (Å²) in [7, 11) is 3.20. The highest BCUT2D eigenvalue weighted by Crippen LogP contribution is 2.27. The smallest absolute Gasteiger partial charge is 0.390 e. The Kier molecular flexibility index (Phi) is 5.83. The highest BCUT2D eigenvalue weighted by Gasteiger charge is 2.30. The van der Waals surface area contributed by atoms with Gasteiger partial charge in [-0.25, -0.2) is 0 Å². The molecule has 0 fully saturated rings. The SMILES string of the molecule is COc1cccc(C(C(C)N)N(C)CCC(F)(F)F)c1. The second kappa shape index (κ2) is 6.95. The standard InChI is InChI=1S/C14H21F3N2O/c1-10(18)13(19(2)8-7-14(15,16)17)11-5-4-6-12(9-11)20-3/h4-6,9-10,13H,7-8,18H2,1-3H3. The monoisotopic (exact) mass is 290 g/mol. The quantitative estimate of drug-likeness (QED) is 0.875. The van der Waals surface area contributed by atoms with Crippen LogP contribution in [0, 0.1) is 0 Å². The molecule has 114 valence electrons. The van der Waals surface area contributed by atoms with Gasteiger partial charge in [0, 0.05) is 18.6 Å². The van der Waals surface area contributed by atoms with Gasteiger partial charge in [0.25, 0.3) is 0 Å². The Morgan fingerprint density at radius 3 is 2.50 bits per heavy atom. The topological polar surface area (TPSA) is 38.5 Å². The molecule has 0 aromatic heterocycles. The van der Waals surface area contributed by atoms with E-state index in [-0.39, 0.29) is 18.6 Å². The summed E-state index contributed by atoms with van der Waals surface area (Å²) in [5.74, 6) is 0.664. The Hall–Kier alpha value is -1.27. The van der Waals surface area contributed by atoms with Gasteiger partial charge in [-0.3, -0.25) is 4.90 Å². The fourth-order valence-corrected chi connectivity index (χ4v) is 2.23. The number of rotatable bonds is 6. The van der Waals surface area contributed by atoms with Gasteiger partial charge in [-0.1, -0.05) is 12.1 Å². The number of nitrogens with zero attached hydrogens (tertiary/aromatic N) is 1. The molecular weight excluding hydrogens is 269 g/mol. The van der Waals surface area contributed by atoms with Crippen molar-refractivity contribution in [2.75, 3.05) is 20.7 Å². The van der Waals surface area contributed by atoms with Crippen LogP contribution in [0.15, 0.2) is 24.3 Å². The van der Waals surface area contributed by atoms with Crippen LogP contribution < -0.4 is 10.5 Å². The third kappa shape index (κ3) is 5.02. The summed E-state index contributed by atoms with van der Waals surface area (Å²) in [5, 5.41) is 0. The molecule has 0 aliphatic carbocycles. The Morgan fingerprint density at radius 2 is 2.00 bits per heavy atom. The predicted octanol–water partition coefficient (Wildman–Crippen LogP) is 2.97. The summed E-state index contributed by atoms with van der Waals surface area (Å²) < 4.78 is 42.1. The number of nitrogens with two attached hydrogens (primary N) is 1. The molecule has 0 aliphatic heterocycles. The minimum Gasteiger partial charge on any atom is -0.497 e. The number of likely N-dealkylation sites (N-methyl/N-ethyl adjacent to an activating group) is 1. The molecular formula is C14H21F3N2O. The van der Waals surface area contributed by atoms with E-state index in [2.05, 4.69) is 0 Å². The number of benzene rings is 1. The summed E-state index contributed by atoms with van der Waals surface area (Å²) in [4.78, 5) is 1.63. The van der Waals surface area contributed by atoms with Gasteiger partial charge in [0.05, 0.1) is 13.5 Å². The van der Waals surface area contributed by atoms with E-state index in [0.717, 1.165) is 5.56 Å². The first-order valence-electron chi connectivity index (χ1n) is 6.41. The van der Waals surface area contributed by atoms with Crippen LogP contribution in [-0.4, -0.2) is 37.8 Å². The molecule has 0 heterocycles. The molecule has 1 aromatic carbocycles. The van der Waals surface area contributed by atoms with E-state index >= 15 is 0 Å². The van der Waals surface area contributed by atoms with Gasteiger partial charge in [-0.2, -0.15) is 13.2 Å². The van der Waals surface area contributed by atoms with E-state index in [1.807, 2.05) is 6.07 Å². The maximum atomic E-state index is 12.3.